The number of likely N-dealkylation sites (tertiary alicyclic amines) is 1. The Bertz CT molecular complexity index is 695. The maximum Gasteiger partial charge on any atom is 0.241 e. The molecule has 3 fully saturated rings. The van der Waals surface area contributed by atoms with Crippen LogP contribution < -0.4 is 20.3 Å². The molecular weight excluding hydrogens is 330 g/mol. The molecule has 1 amide bonds. The molecule has 1 aromatic carbocycles. The van der Waals surface area contributed by atoms with E-state index in [0.717, 1.165) is 42.9 Å². The van der Waals surface area contributed by atoms with Crippen molar-refractivity contribution in [3.05, 3.63) is 23.8 Å². The topological polar surface area (TPSA) is 62.8 Å². The van der Waals surface area contributed by atoms with Gasteiger partial charge in [-0.2, -0.15) is 0 Å². The van der Waals surface area contributed by atoms with Crippen LogP contribution in [0.5, 0.6) is 11.5 Å². The maximum absolute atomic E-state index is 13.3. The summed E-state index contributed by atoms with van der Waals surface area (Å²) in [5.74, 6) is 2.30. The molecule has 4 atom stereocenters. The summed E-state index contributed by atoms with van der Waals surface area (Å²) in [5, 5.41) is 0. The highest BCUT2D eigenvalue weighted by atomic mass is 16.6. The third-order valence-corrected chi connectivity index (χ3v) is 6.42. The minimum atomic E-state index is -0.0851. The second-order valence-electron chi connectivity index (χ2n) is 7.91. The Hall–Kier alpha value is -1.79. The summed E-state index contributed by atoms with van der Waals surface area (Å²) in [6.07, 6.45) is 6.88. The van der Waals surface area contributed by atoms with Gasteiger partial charge in [0.1, 0.15) is 19.3 Å². The van der Waals surface area contributed by atoms with Gasteiger partial charge in [-0.05, 0) is 43.4 Å². The molecule has 3 aliphatic heterocycles. The van der Waals surface area contributed by atoms with E-state index in [-0.39, 0.29) is 18.0 Å². The van der Waals surface area contributed by atoms with Crippen molar-refractivity contribution in [2.45, 2.75) is 56.7 Å². The quantitative estimate of drug-likeness (QED) is 0.849. The van der Waals surface area contributed by atoms with Crippen LogP contribution in [-0.4, -0.2) is 42.6 Å². The Balaban J connectivity index is 1.36. The van der Waals surface area contributed by atoms with Gasteiger partial charge >= 0.3 is 0 Å². The van der Waals surface area contributed by atoms with Crippen LogP contribution in [-0.2, 0) is 4.79 Å². The molecule has 2 N–H and O–H groups in total. The van der Waals surface area contributed by atoms with Crippen molar-refractivity contribution < 1.29 is 14.3 Å². The zero-order chi connectivity index (χ0) is 17.5. The fourth-order valence-corrected chi connectivity index (χ4v) is 5.11. The minimum Gasteiger partial charge on any atom is -0.486 e. The van der Waals surface area contributed by atoms with Gasteiger partial charge in [-0.25, -0.2) is 5.43 Å². The van der Waals surface area contributed by atoms with Crippen molar-refractivity contribution in [2.24, 2.45) is 5.92 Å². The summed E-state index contributed by atoms with van der Waals surface area (Å²) in [7, 11) is 0. The average molecular weight is 357 g/mol. The van der Waals surface area contributed by atoms with E-state index < -0.39 is 0 Å². The van der Waals surface area contributed by atoms with Gasteiger partial charge in [0.05, 0.1) is 6.04 Å². The molecule has 6 nitrogen and oxygen atoms in total. The number of hydrazine groups is 1. The van der Waals surface area contributed by atoms with Gasteiger partial charge < -0.3 is 14.4 Å². The monoisotopic (exact) mass is 357 g/mol. The molecule has 26 heavy (non-hydrogen) atoms. The van der Waals surface area contributed by atoms with Crippen molar-refractivity contribution in [3.63, 3.8) is 0 Å². The van der Waals surface area contributed by atoms with Gasteiger partial charge in [0, 0.05) is 18.5 Å². The van der Waals surface area contributed by atoms with Gasteiger partial charge in [-0.3, -0.25) is 10.2 Å². The zero-order valence-electron chi connectivity index (χ0n) is 15.1. The van der Waals surface area contributed by atoms with Crippen molar-refractivity contribution in [2.75, 3.05) is 19.8 Å². The first-order valence-electron chi connectivity index (χ1n) is 10.0. The van der Waals surface area contributed by atoms with Crippen LogP contribution in [0.3, 0.4) is 0 Å². The summed E-state index contributed by atoms with van der Waals surface area (Å²) in [4.78, 5) is 15.4. The van der Waals surface area contributed by atoms with E-state index in [4.69, 9.17) is 9.47 Å². The largest absolute Gasteiger partial charge is 0.486 e. The molecule has 3 heterocycles. The number of carbonyl (C=O) groups is 1. The molecule has 140 valence electrons. The van der Waals surface area contributed by atoms with E-state index >= 15 is 0 Å². The first-order valence-corrected chi connectivity index (χ1v) is 10.0. The number of nitrogens with zero attached hydrogens (tertiary/aromatic N) is 1. The van der Waals surface area contributed by atoms with Crippen molar-refractivity contribution >= 4 is 5.91 Å². The summed E-state index contributed by atoms with van der Waals surface area (Å²) in [5.41, 5.74) is 7.84. The lowest BCUT2D eigenvalue weighted by molar-refractivity contribution is -0.135. The number of amides is 1. The van der Waals surface area contributed by atoms with E-state index in [1.54, 1.807) is 0 Å². The lowest BCUT2D eigenvalue weighted by atomic mass is 9.81. The number of benzene rings is 1. The molecule has 2 saturated heterocycles. The summed E-state index contributed by atoms with van der Waals surface area (Å²) < 4.78 is 11.4. The lowest BCUT2D eigenvalue weighted by Gasteiger charge is -2.32. The highest BCUT2D eigenvalue weighted by molar-refractivity contribution is 5.83. The van der Waals surface area contributed by atoms with E-state index in [1.165, 1.54) is 19.3 Å². The van der Waals surface area contributed by atoms with Crippen molar-refractivity contribution in [3.8, 4) is 11.5 Å². The molecule has 1 aliphatic carbocycles. The Morgan fingerprint density at radius 2 is 1.85 bits per heavy atom. The molecule has 5 rings (SSSR count). The molecule has 0 spiro atoms. The van der Waals surface area contributed by atoms with Crippen LogP contribution >= 0.6 is 0 Å². The van der Waals surface area contributed by atoms with Crippen LogP contribution in [0.15, 0.2) is 18.2 Å². The maximum atomic E-state index is 13.3. The predicted molar refractivity (Wildman–Crippen MR) is 96.9 cm³/mol. The summed E-state index contributed by atoms with van der Waals surface area (Å²) in [6.45, 7) is 2.03. The van der Waals surface area contributed by atoms with Crippen LogP contribution in [0, 0.1) is 5.92 Å². The van der Waals surface area contributed by atoms with Crippen LogP contribution in [0.1, 0.15) is 50.1 Å². The molecule has 0 radical (unpaired) electrons. The average Bonchev–Trinajstić information content (AvgIpc) is 3.34. The number of nitrogens with one attached hydrogen (secondary N) is 2. The molecule has 4 aliphatic rings. The Labute approximate surface area is 154 Å². The molecule has 0 bridgehead atoms. The predicted octanol–water partition coefficient (Wildman–Crippen LogP) is 2.16. The second-order valence-corrected chi connectivity index (χ2v) is 7.91. The molecule has 1 aromatic rings. The van der Waals surface area contributed by atoms with E-state index in [9.17, 15) is 4.79 Å². The number of rotatable bonds is 2. The number of fused-ring (bicyclic) bond motifs is 2. The fraction of sp³-hybridized carbons (Fsp3) is 0.650. The van der Waals surface area contributed by atoms with Crippen molar-refractivity contribution in [1.82, 2.24) is 15.8 Å². The standard InChI is InChI=1S/C20H27N3O3/c24-20(19-14-4-1-2-5-15(14)21-22-19)23-9-3-6-16(23)13-7-8-17-18(12-13)26-11-10-25-17/h7-8,12,14-16,19,21-22H,1-6,9-11H2. The van der Waals surface area contributed by atoms with Gasteiger partial charge in [0.25, 0.3) is 0 Å². The van der Waals surface area contributed by atoms with Crippen LogP contribution in [0.2, 0.25) is 0 Å². The van der Waals surface area contributed by atoms with Crippen LogP contribution in [0.25, 0.3) is 0 Å². The lowest BCUT2D eigenvalue weighted by Crippen LogP contribution is -2.47. The molecular formula is C20H27N3O3. The minimum absolute atomic E-state index is 0.0851. The Morgan fingerprint density at radius 3 is 2.77 bits per heavy atom. The normalized spacial score (nSPS) is 33.2. The SMILES string of the molecule is O=C(C1NNC2CCCCC21)N1CCCC1c1ccc2c(c1)OCCO2. The fourth-order valence-electron chi connectivity index (χ4n) is 5.11. The smallest absolute Gasteiger partial charge is 0.241 e. The third kappa shape index (κ3) is 2.76. The first-order chi connectivity index (χ1) is 12.8. The number of hydrogen-bond donors (Lipinski definition) is 2. The highest BCUT2D eigenvalue weighted by Gasteiger charge is 2.44. The van der Waals surface area contributed by atoms with E-state index in [1.807, 2.05) is 6.07 Å². The molecule has 6 heteroatoms. The second kappa shape index (κ2) is 6.74. The summed E-state index contributed by atoms with van der Waals surface area (Å²) in [6, 6.07) is 6.65. The molecule has 1 saturated carbocycles. The number of carbonyl (C=O) groups excluding carboxylic acids is 1. The Morgan fingerprint density at radius 1 is 1.00 bits per heavy atom. The van der Waals surface area contributed by atoms with Crippen molar-refractivity contribution in [1.29, 1.82) is 0 Å². The first kappa shape index (κ1) is 16.4. The highest BCUT2D eigenvalue weighted by Crippen LogP contribution is 2.39. The van der Waals surface area contributed by atoms with Gasteiger partial charge in [0.2, 0.25) is 5.91 Å². The number of ether oxygens (including phenoxy) is 2. The van der Waals surface area contributed by atoms with E-state index in [2.05, 4.69) is 27.9 Å². The van der Waals surface area contributed by atoms with Gasteiger partial charge in [-0.15, -0.1) is 0 Å². The number of hydrogen-bond acceptors (Lipinski definition) is 5. The molecule has 0 aromatic heterocycles. The van der Waals surface area contributed by atoms with Gasteiger partial charge in [-0.1, -0.05) is 18.9 Å². The molecule has 4 unspecified atom stereocenters. The van der Waals surface area contributed by atoms with Crippen LogP contribution in [0.4, 0.5) is 0 Å². The van der Waals surface area contributed by atoms with Gasteiger partial charge in [0.15, 0.2) is 11.5 Å². The Kier molecular flexibility index (Phi) is 4.25. The summed E-state index contributed by atoms with van der Waals surface area (Å²) >= 11 is 0. The third-order valence-electron chi connectivity index (χ3n) is 6.42. The van der Waals surface area contributed by atoms with E-state index in [0.29, 0.717) is 25.2 Å². The zero-order valence-corrected chi connectivity index (χ0v) is 15.1.